The standard InChI is InChI=1S/C21H23N5O/c1-15(16-10-12-18(13-11-16)26(2)3)24-25-20-14-19(22-21(23-20)27-4)17-8-6-5-7-9-17/h5-14H,1-4H3,(H,22,23,25). The van der Waals surface area contributed by atoms with Crippen LogP contribution in [0, 0.1) is 0 Å². The van der Waals surface area contributed by atoms with Crippen LogP contribution in [0.4, 0.5) is 11.5 Å². The summed E-state index contributed by atoms with van der Waals surface area (Å²) in [5, 5.41) is 4.46. The first-order valence-electron chi connectivity index (χ1n) is 8.63. The van der Waals surface area contributed by atoms with Crippen LogP contribution in [0.15, 0.2) is 65.8 Å². The molecule has 0 amide bonds. The second-order valence-electron chi connectivity index (χ2n) is 6.24. The predicted octanol–water partition coefficient (Wildman–Crippen LogP) is 4.05. The highest BCUT2D eigenvalue weighted by atomic mass is 16.5. The molecule has 0 aliphatic rings. The molecule has 3 aromatic rings. The van der Waals surface area contributed by atoms with Gasteiger partial charge in [-0.3, -0.25) is 5.43 Å². The third-order valence-electron chi connectivity index (χ3n) is 4.10. The minimum absolute atomic E-state index is 0.294. The summed E-state index contributed by atoms with van der Waals surface area (Å²) in [5.41, 5.74) is 7.82. The van der Waals surface area contributed by atoms with Crippen molar-refractivity contribution in [3.05, 3.63) is 66.2 Å². The van der Waals surface area contributed by atoms with Crippen molar-refractivity contribution in [3.63, 3.8) is 0 Å². The van der Waals surface area contributed by atoms with Crippen LogP contribution in [-0.4, -0.2) is 36.9 Å². The number of rotatable bonds is 6. The van der Waals surface area contributed by atoms with Gasteiger partial charge in [-0.05, 0) is 24.6 Å². The van der Waals surface area contributed by atoms with Crippen molar-refractivity contribution >= 4 is 17.2 Å². The van der Waals surface area contributed by atoms with Crippen molar-refractivity contribution in [1.29, 1.82) is 0 Å². The first kappa shape index (κ1) is 18.4. The van der Waals surface area contributed by atoms with E-state index in [1.54, 1.807) is 7.11 Å². The molecule has 27 heavy (non-hydrogen) atoms. The molecule has 6 nitrogen and oxygen atoms in total. The Kier molecular flexibility index (Phi) is 5.66. The van der Waals surface area contributed by atoms with Crippen molar-refractivity contribution in [2.45, 2.75) is 6.92 Å². The second kappa shape index (κ2) is 8.31. The number of nitrogens with zero attached hydrogens (tertiary/aromatic N) is 4. The summed E-state index contributed by atoms with van der Waals surface area (Å²) in [5.74, 6) is 0.574. The Morgan fingerprint density at radius 1 is 1.00 bits per heavy atom. The fourth-order valence-corrected chi connectivity index (χ4v) is 2.54. The van der Waals surface area contributed by atoms with Crippen LogP contribution in [0.5, 0.6) is 6.01 Å². The van der Waals surface area contributed by atoms with E-state index in [2.05, 4.69) is 37.5 Å². The smallest absolute Gasteiger partial charge is 0.318 e. The van der Waals surface area contributed by atoms with Gasteiger partial charge in [-0.2, -0.15) is 15.1 Å². The van der Waals surface area contributed by atoms with Crippen LogP contribution in [0.2, 0.25) is 0 Å². The van der Waals surface area contributed by atoms with Crippen LogP contribution >= 0.6 is 0 Å². The summed E-state index contributed by atoms with van der Waals surface area (Å²) >= 11 is 0. The molecule has 0 radical (unpaired) electrons. The van der Waals surface area contributed by atoms with Gasteiger partial charge < -0.3 is 9.64 Å². The van der Waals surface area contributed by atoms with E-state index in [0.717, 1.165) is 28.2 Å². The Bertz CT molecular complexity index is 921. The number of hydrogen-bond acceptors (Lipinski definition) is 6. The summed E-state index contributed by atoms with van der Waals surface area (Å²) in [6.07, 6.45) is 0. The normalized spacial score (nSPS) is 11.2. The topological polar surface area (TPSA) is 62.6 Å². The van der Waals surface area contributed by atoms with Crippen molar-refractivity contribution in [3.8, 4) is 17.3 Å². The maximum absolute atomic E-state index is 5.23. The highest BCUT2D eigenvalue weighted by Gasteiger charge is 2.07. The lowest BCUT2D eigenvalue weighted by Gasteiger charge is -2.12. The minimum atomic E-state index is 0.294. The summed E-state index contributed by atoms with van der Waals surface area (Å²) < 4.78 is 5.23. The number of aromatic nitrogens is 2. The van der Waals surface area contributed by atoms with Crippen LogP contribution in [0.1, 0.15) is 12.5 Å². The number of methoxy groups -OCH3 is 1. The van der Waals surface area contributed by atoms with Crippen LogP contribution in [0.3, 0.4) is 0 Å². The number of benzene rings is 2. The van der Waals surface area contributed by atoms with Gasteiger partial charge in [0.05, 0.1) is 18.5 Å². The molecular formula is C21H23N5O. The number of hydrogen-bond donors (Lipinski definition) is 1. The zero-order chi connectivity index (χ0) is 19.2. The number of nitrogens with one attached hydrogen (secondary N) is 1. The summed E-state index contributed by atoms with van der Waals surface area (Å²) in [4.78, 5) is 10.8. The Morgan fingerprint density at radius 3 is 2.33 bits per heavy atom. The first-order valence-corrected chi connectivity index (χ1v) is 8.63. The lowest BCUT2D eigenvalue weighted by atomic mass is 10.1. The van der Waals surface area contributed by atoms with E-state index in [-0.39, 0.29) is 0 Å². The van der Waals surface area contributed by atoms with Gasteiger partial charge in [0.25, 0.3) is 0 Å². The van der Waals surface area contributed by atoms with Crippen molar-refractivity contribution in [2.24, 2.45) is 5.10 Å². The van der Waals surface area contributed by atoms with E-state index in [1.807, 2.05) is 69.6 Å². The quantitative estimate of drug-likeness (QED) is 0.530. The van der Waals surface area contributed by atoms with E-state index >= 15 is 0 Å². The highest BCUT2D eigenvalue weighted by molar-refractivity contribution is 5.99. The van der Waals surface area contributed by atoms with Crippen LogP contribution < -0.4 is 15.1 Å². The first-order chi connectivity index (χ1) is 13.1. The number of hydrazone groups is 1. The molecular weight excluding hydrogens is 338 g/mol. The Morgan fingerprint density at radius 2 is 1.70 bits per heavy atom. The Hall–Kier alpha value is -3.41. The van der Waals surface area contributed by atoms with Crippen LogP contribution in [0.25, 0.3) is 11.3 Å². The highest BCUT2D eigenvalue weighted by Crippen LogP contribution is 2.22. The molecule has 0 bridgehead atoms. The molecule has 1 N–H and O–H groups in total. The molecule has 0 atom stereocenters. The summed E-state index contributed by atoms with van der Waals surface area (Å²) in [7, 11) is 5.59. The molecule has 0 fully saturated rings. The van der Waals surface area contributed by atoms with E-state index < -0.39 is 0 Å². The summed E-state index contributed by atoms with van der Waals surface area (Å²) in [6, 6.07) is 20.3. The lowest BCUT2D eigenvalue weighted by molar-refractivity contribution is 0.381. The Balaban J connectivity index is 1.83. The minimum Gasteiger partial charge on any atom is -0.467 e. The molecule has 3 rings (SSSR count). The van der Waals surface area contributed by atoms with Crippen molar-refractivity contribution < 1.29 is 4.74 Å². The molecule has 1 aromatic heterocycles. The largest absolute Gasteiger partial charge is 0.467 e. The zero-order valence-corrected chi connectivity index (χ0v) is 16.0. The molecule has 1 heterocycles. The van der Waals surface area contributed by atoms with E-state index in [0.29, 0.717) is 11.8 Å². The monoisotopic (exact) mass is 361 g/mol. The third kappa shape index (κ3) is 4.61. The maximum Gasteiger partial charge on any atom is 0.318 e. The molecule has 0 unspecified atom stereocenters. The van der Waals surface area contributed by atoms with Gasteiger partial charge in [-0.25, -0.2) is 0 Å². The molecule has 138 valence electrons. The molecule has 0 aliphatic heterocycles. The van der Waals surface area contributed by atoms with Gasteiger partial charge in [-0.1, -0.05) is 42.5 Å². The van der Waals surface area contributed by atoms with Gasteiger partial charge >= 0.3 is 6.01 Å². The van der Waals surface area contributed by atoms with Crippen molar-refractivity contribution in [1.82, 2.24) is 9.97 Å². The van der Waals surface area contributed by atoms with Crippen LogP contribution in [-0.2, 0) is 0 Å². The molecule has 0 spiro atoms. The molecule has 0 saturated carbocycles. The average Bonchev–Trinajstić information content (AvgIpc) is 2.72. The molecule has 0 aliphatic carbocycles. The molecule has 2 aromatic carbocycles. The lowest BCUT2D eigenvalue weighted by Crippen LogP contribution is -2.09. The zero-order valence-electron chi connectivity index (χ0n) is 16.0. The van der Waals surface area contributed by atoms with Gasteiger partial charge in [0.1, 0.15) is 0 Å². The SMILES string of the molecule is COc1nc(NN=C(C)c2ccc(N(C)C)cc2)cc(-c2ccccc2)n1. The average molecular weight is 361 g/mol. The van der Waals surface area contributed by atoms with Gasteiger partial charge in [0, 0.05) is 31.4 Å². The maximum atomic E-state index is 5.23. The number of ether oxygens (including phenoxy) is 1. The van der Waals surface area contributed by atoms with E-state index in [1.165, 1.54) is 0 Å². The molecule has 6 heteroatoms. The third-order valence-corrected chi connectivity index (χ3v) is 4.10. The van der Waals surface area contributed by atoms with Gasteiger partial charge in [0.2, 0.25) is 0 Å². The fraction of sp³-hybridized carbons (Fsp3) is 0.190. The van der Waals surface area contributed by atoms with Gasteiger partial charge in [0.15, 0.2) is 5.82 Å². The summed E-state index contributed by atoms with van der Waals surface area (Å²) in [6.45, 7) is 1.95. The van der Waals surface area contributed by atoms with E-state index in [9.17, 15) is 0 Å². The Labute approximate surface area is 159 Å². The fourth-order valence-electron chi connectivity index (χ4n) is 2.54. The number of anilines is 2. The van der Waals surface area contributed by atoms with Crippen molar-refractivity contribution in [2.75, 3.05) is 31.5 Å². The van der Waals surface area contributed by atoms with E-state index in [4.69, 9.17) is 4.74 Å². The second-order valence-corrected chi connectivity index (χ2v) is 6.24. The predicted molar refractivity (Wildman–Crippen MR) is 111 cm³/mol. The molecule has 0 saturated heterocycles. The van der Waals surface area contributed by atoms with Gasteiger partial charge in [-0.15, -0.1) is 0 Å².